The Bertz CT molecular complexity index is 1550. The Morgan fingerprint density at radius 2 is 1.77 bits per heavy atom. The molecule has 0 saturated carbocycles. The Labute approximate surface area is 235 Å². The highest BCUT2D eigenvalue weighted by atomic mass is 35.5. The standard InChI is InChI=1S/C28H26ClFN2O5S2/c1-18-23(29)12-8-14-25(18)39(34,35)32-28-31-21(17-38-28)16-22(15-20-11-6-7-13-24(20)30)37-27(33)26(36-2)19-9-4-3-5-10-19/h3-14,17,22,26H,15-16H2,1-2H3,(H,31,32)/t22-,26-/m1/s1. The molecule has 1 N–H and O–H groups in total. The van der Waals surface area contributed by atoms with Crippen molar-refractivity contribution in [1.29, 1.82) is 0 Å². The minimum Gasteiger partial charge on any atom is -0.459 e. The maximum Gasteiger partial charge on any atom is 0.340 e. The third-order valence-corrected chi connectivity index (χ3v) is 8.79. The maximum absolute atomic E-state index is 14.5. The third kappa shape index (κ3) is 7.21. The van der Waals surface area contributed by atoms with Gasteiger partial charge in [0, 0.05) is 30.4 Å². The van der Waals surface area contributed by atoms with Crippen LogP contribution in [-0.4, -0.2) is 32.6 Å². The average Bonchev–Trinajstić information content (AvgIpc) is 3.33. The van der Waals surface area contributed by atoms with Gasteiger partial charge < -0.3 is 9.47 Å². The van der Waals surface area contributed by atoms with Gasteiger partial charge in [0.25, 0.3) is 10.0 Å². The smallest absolute Gasteiger partial charge is 0.340 e. The van der Waals surface area contributed by atoms with Gasteiger partial charge in [0.05, 0.1) is 10.6 Å². The Balaban J connectivity index is 1.54. The van der Waals surface area contributed by atoms with Crippen molar-refractivity contribution in [2.45, 2.75) is 36.9 Å². The minimum atomic E-state index is -3.94. The molecule has 0 radical (unpaired) electrons. The van der Waals surface area contributed by atoms with E-state index in [-0.39, 0.29) is 22.9 Å². The zero-order valence-electron chi connectivity index (χ0n) is 21.1. The molecule has 0 aliphatic rings. The van der Waals surface area contributed by atoms with Gasteiger partial charge >= 0.3 is 5.97 Å². The van der Waals surface area contributed by atoms with Gasteiger partial charge in [-0.05, 0) is 41.8 Å². The number of nitrogens with zero attached hydrogens (tertiary/aromatic N) is 1. The van der Waals surface area contributed by atoms with E-state index in [1.54, 1.807) is 66.9 Å². The fourth-order valence-electron chi connectivity index (χ4n) is 4.02. The number of ether oxygens (including phenoxy) is 2. The maximum atomic E-state index is 14.5. The zero-order chi connectivity index (χ0) is 28.0. The largest absolute Gasteiger partial charge is 0.459 e. The van der Waals surface area contributed by atoms with Gasteiger partial charge in [-0.2, -0.15) is 0 Å². The summed E-state index contributed by atoms with van der Waals surface area (Å²) in [6.07, 6.45) is -1.55. The van der Waals surface area contributed by atoms with Crippen LogP contribution in [0.3, 0.4) is 0 Å². The lowest BCUT2D eigenvalue weighted by Crippen LogP contribution is -2.28. The number of benzene rings is 3. The van der Waals surface area contributed by atoms with E-state index in [1.165, 1.54) is 19.2 Å². The predicted molar refractivity (Wildman–Crippen MR) is 149 cm³/mol. The van der Waals surface area contributed by atoms with Crippen molar-refractivity contribution in [2.24, 2.45) is 0 Å². The number of anilines is 1. The molecule has 0 aliphatic carbocycles. The number of rotatable bonds is 11. The fraction of sp³-hybridized carbons (Fsp3) is 0.214. The van der Waals surface area contributed by atoms with Crippen LogP contribution in [0.2, 0.25) is 5.02 Å². The molecule has 4 rings (SSSR count). The monoisotopic (exact) mass is 588 g/mol. The summed E-state index contributed by atoms with van der Waals surface area (Å²) in [7, 11) is -2.53. The second kappa shape index (κ2) is 12.7. The quantitative estimate of drug-likeness (QED) is 0.212. The Morgan fingerprint density at radius 3 is 2.49 bits per heavy atom. The number of carbonyl (C=O) groups excluding carboxylic acids is 1. The topological polar surface area (TPSA) is 94.6 Å². The third-order valence-electron chi connectivity index (χ3n) is 5.96. The molecule has 0 saturated heterocycles. The molecule has 0 spiro atoms. The molecule has 39 heavy (non-hydrogen) atoms. The van der Waals surface area contributed by atoms with E-state index >= 15 is 0 Å². The molecule has 4 aromatic rings. The van der Waals surface area contributed by atoms with Gasteiger partial charge in [-0.3, -0.25) is 4.72 Å². The number of methoxy groups -OCH3 is 1. The molecule has 3 aromatic carbocycles. The molecular weight excluding hydrogens is 563 g/mol. The summed E-state index contributed by atoms with van der Waals surface area (Å²) in [5.74, 6) is -1.05. The Hall–Kier alpha value is -3.31. The van der Waals surface area contributed by atoms with Gasteiger partial charge in [0.1, 0.15) is 11.9 Å². The first kappa shape index (κ1) is 28.7. The summed E-state index contributed by atoms with van der Waals surface area (Å²) in [5.41, 5.74) is 1.89. The second-order valence-electron chi connectivity index (χ2n) is 8.70. The van der Waals surface area contributed by atoms with Crippen LogP contribution in [0.15, 0.2) is 83.1 Å². The van der Waals surface area contributed by atoms with Gasteiger partial charge in [0.2, 0.25) is 0 Å². The molecule has 0 amide bonds. The lowest BCUT2D eigenvalue weighted by molar-refractivity contribution is -0.161. The highest BCUT2D eigenvalue weighted by Gasteiger charge is 2.27. The summed E-state index contributed by atoms with van der Waals surface area (Å²) in [6.45, 7) is 1.62. The van der Waals surface area contributed by atoms with Crippen molar-refractivity contribution in [3.63, 3.8) is 0 Å². The summed E-state index contributed by atoms with van der Waals surface area (Å²) >= 11 is 7.18. The highest BCUT2D eigenvalue weighted by molar-refractivity contribution is 7.93. The van der Waals surface area contributed by atoms with Gasteiger partial charge in [0.15, 0.2) is 11.2 Å². The lowest BCUT2D eigenvalue weighted by atomic mass is 10.0. The van der Waals surface area contributed by atoms with Crippen molar-refractivity contribution in [2.75, 3.05) is 11.8 Å². The number of sulfonamides is 1. The van der Waals surface area contributed by atoms with Crippen LogP contribution in [0.1, 0.15) is 28.5 Å². The van der Waals surface area contributed by atoms with E-state index in [2.05, 4.69) is 9.71 Å². The highest BCUT2D eigenvalue weighted by Crippen LogP contribution is 2.27. The first-order valence-electron chi connectivity index (χ1n) is 11.9. The molecular formula is C28H26ClFN2O5S2. The van der Waals surface area contributed by atoms with E-state index in [1.807, 2.05) is 6.07 Å². The normalized spacial score (nSPS) is 13.0. The molecule has 0 bridgehead atoms. The number of aromatic nitrogens is 1. The number of carbonyl (C=O) groups is 1. The van der Waals surface area contributed by atoms with Crippen molar-refractivity contribution in [3.8, 4) is 0 Å². The number of hydrogen-bond acceptors (Lipinski definition) is 7. The number of esters is 1. The van der Waals surface area contributed by atoms with Crippen LogP contribution >= 0.6 is 22.9 Å². The molecule has 204 valence electrons. The SMILES string of the molecule is CO[C@@H](C(=O)O[C@@H](Cc1csc(NS(=O)(=O)c2cccc(Cl)c2C)n1)Cc1ccccc1F)c1ccccc1. The summed E-state index contributed by atoms with van der Waals surface area (Å²) < 4.78 is 54.0. The number of halogens is 2. The number of hydrogen-bond donors (Lipinski definition) is 1. The van der Waals surface area contributed by atoms with Gasteiger partial charge in [-0.1, -0.05) is 66.2 Å². The fourth-order valence-corrected chi connectivity index (χ4v) is 6.49. The van der Waals surface area contributed by atoms with Crippen molar-refractivity contribution >= 4 is 44.1 Å². The van der Waals surface area contributed by atoms with Crippen LogP contribution in [0.5, 0.6) is 0 Å². The molecule has 11 heteroatoms. The second-order valence-corrected chi connectivity index (χ2v) is 11.6. The van der Waals surface area contributed by atoms with Crippen LogP contribution < -0.4 is 4.72 Å². The molecule has 0 aliphatic heterocycles. The van der Waals surface area contributed by atoms with E-state index in [0.717, 1.165) is 11.3 Å². The van der Waals surface area contributed by atoms with Crippen molar-refractivity contribution < 1.29 is 27.1 Å². The first-order chi connectivity index (χ1) is 18.7. The summed E-state index contributed by atoms with van der Waals surface area (Å²) in [4.78, 5) is 17.5. The predicted octanol–water partition coefficient (Wildman–Crippen LogP) is 6.13. The zero-order valence-corrected chi connectivity index (χ0v) is 23.5. The molecule has 7 nitrogen and oxygen atoms in total. The average molecular weight is 589 g/mol. The van der Waals surface area contributed by atoms with E-state index in [9.17, 15) is 17.6 Å². The molecule has 1 aromatic heterocycles. The molecule has 0 unspecified atom stereocenters. The minimum absolute atomic E-state index is 0.0460. The van der Waals surface area contributed by atoms with E-state index in [4.69, 9.17) is 21.1 Å². The number of thiazole rings is 1. The van der Waals surface area contributed by atoms with E-state index in [0.29, 0.717) is 27.4 Å². The van der Waals surface area contributed by atoms with E-state index < -0.39 is 34.0 Å². The van der Waals surface area contributed by atoms with Crippen LogP contribution in [0, 0.1) is 12.7 Å². The van der Waals surface area contributed by atoms with Crippen LogP contribution in [0.25, 0.3) is 0 Å². The van der Waals surface area contributed by atoms with Crippen molar-refractivity contribution in [3.05, 3.63) is 111 Å². The molecule has 1 heterocycles. The summed E-state index contributed by atoms with van der Waals surface area (Å²) in [6, 6.07) is 19.8. The number of nitrogens with one attached hydrogen (secondary N) is 1. The van der Waals surface area contributed by atoms with Gasteiger partial charge in [-0.25, -0.2) is 22.6 Å². The first-order valence-corrected chi connectivity index (χ1v) is 14.7. The van der Waals surface area contributed by atoms with Crippen LogP contribution in [0.4, 0.5) is 9.52 Å². The van der Waals surface area contributed by atoms with Gasteiger partial charge in [-0.15, -0.1) is 11.3 Å². The Morgan fingerprint density at radius 1 is 1.05 bits per heavy atom. The Kier molecular flexibility index (Phi) is 9.34. The molecule has 0 fully saturated rings. The molecule has 2 atom stereocenters. The van der Waals surface area contributed by atoms with Crippen LogP contribution in [-0.2, 0) is 37.1 Å². The van der Waals surface area contributed by atoms with Crippen molar-refractivity contribution in [1.82, 2.24) is 4.98 Å². The lowest BCUT2D eigenvalue weighted by Gasteiger charge is -2.21. The summed E-state index contributed by atoms with van der Waals surface area (Å²) in [5, 5.41) is 2.13.